The first-order valence-electron chi connectivity index (χ1n) is 12.4. The zero-order chi connectivity index (χ0) is 27.7. The fourth-order valence-corrected chi connectivity index (χ4v) is 6.97. The van der Waals surface area contributed by atoms with Gasteiger partial charge in [0.1, 0.15) is 0 Å². The van der Waals surface area contributed by atoms with Gasteiger partial charge in [-0.1, -0.05) is 66.2 Å². The van der Waals surface area contributed by atoms with Crippen molar-refractivity contribution in [1.29, 1.82) is 0 Å². The number of hydrogen-bond donors (Lipinski definition) is 2. The minimum Gasteiger partial charge on any atom is -0.478 e. The molecule has 2 atom stereocenters. The molecule has 1 saturated carbocycles. The third-order valence-corrected chi connectivity index (χ3v) is 9.36. The lowest BCUT2D eigenvalue weighted by molar-refractivity contribution is -0.118. The molecule has 8 heteroatoms. The molecule has 4 aromatic rings. The van der Waals surface area contributed by atoms with Gasteiger partial charge in [-0.05, 0) is 65.4 Å². The zero-order valence-corrected chi connectivity index (χ0v) is 22.7. The van der Waals surface area contributed by atoms with Crippen LogP contribution in [0.2, 0.25) is 5.02 Å². The second kappa shape index (κ2) is 8.79. The van der Waals surface area contributed by atoms with E-state index < -0.39 is 21.2 Å². The number of rotatable bonds is 5. The second-order valence-corrected chi connectivity index (χ2v) is 12.7. The number of anilines is 1. The van der Waals surface area contributed by atoms with Crippen LogP contribution >= 0.6 is 11.6 Å². The van der Waals surface area contributed by atoms with Crippen molar-refractivity contribution in [2.24, 2.45) is 0 Å². The Kier molecular flexibility index (Phi) is 5.72. The predicted molar refractivity (Wildman–Crippen MR) is 151 cm³/mol. The van der Waals surface area contributed by atoms with Crippen molar-refractivity contribution in [3.63, 3.8) is 0 Å². The van der Waals surface area contributed by atoms with Crippen molar-refractivity contribution in [3.8, 4) is 22.3 Å². The first kappa shape index (κ1) is 25.3. The highest BCUT2D eigenvalue weighted by Crippen LogP contribution is 2.65. The maximum Gasteiger partial charge on any atom is 0.335 e. The van der Waals surface area contributed by atoms with Gasteiger partial charge < -0.3 is 10.4 Å². The fourth-order valence-electron chi connectivity index (χ4n) is 5.78. The number of sulfone groups is 1. The summed E-state index contributed by atoms with van der Waals surface area (Å²) in [6.45, 7) is 1.76. The van der Waals surface area contributed by atoms with Crippen LogP contribution in [-0.2, 0) is 20.0 Å². The molecule has 2 aliphatic rings. The summed E-state index contributed by atoms with van der Waals surface area (Å²) in [5.74, 6) is -1.24. The summed E-state index contributed by atoms with van der Waals surface area (Å²) in [5, 5.41) is 13.0. The van der Waals surface area contributed by atoms with Gasteiger partial charge in [-0.2, -0.15) is 0 Å². The molecule has 0 radical (unpaired) electrons. The molecule has 1 heterocycles. The number of carbonyl (C=O) groups excluding carboxylic acids is 1. The van der Waals surface area contributed by atoms with E-state index in [4.69, 9.17) is 11.6 Å². The van der Waals surface area contributed by atoms with Gasteiger partial charge in [0, 0.05) is 29.0 Å². The average molecular weight is 558 g/mol. The Labute approximate surface area is 231 Å². The number of fused-ring (bicyclic) bond motifs is 2. The summed E-state index contributed by atoms with van der Waals surface area (Å²) < 4.78 is 24.6. The molecule has 39 heavy (non-hydrogen) atoms. The summed E-state index contributed by atoms with van der Waals surface area (Å²) in [4.78, 5) is 25.2. The smallest absolute Gasteiger partial charge is 0.335 e. The van der Waals surface area contributed by atoms with Gasteiger partial charge in [-0.15, -0.1) is 0 Å². The summed E-state index contributed by atoms with van der Waals surface area (Å²) in [6.07, 6.45) is 1.77. The lowest BCUT2D eigenvalue weighted by Gasteiger charge is -2.14. The third kappa shape index (κ3) is 4.04. The predicted octanol–water partition coefficient (Wildman–Crippen LogP) is 6.46. The number of hydrogen-bond acceptors (Lipinski definition) is 4. The molecule has 1 spiro atoms. The summed E-state index contributed by atoms with van der Waals surface area (Å²) in [7, 11) is -3.40. The van der Waals surface area contributed by atoms with Gasteiger partial charge >= 0.3 is 5.97 Å². The lowest BCUT2D eigenvalue weighted by Crippen LogP contribution is -2.21. The van der Waals surface area contributed by atoms with E-state index in [1.54, 1.807) is 49.4 Å². The van der Waals surface area contributed by atoms with Gasteiger partial charge in [-0.25, -0.2) is 13.2 Å². The van der Waals surface area contributed by atoms with Crippen LogP contribution in [0.4, 0.5) is 5.69 Å². The van der Waals surface area contributed by atoms with E-state index in [2.05, 4.69) is 5.32 Å². The van der Waals surface area contributed by atoms with E-state index in [1.807, 2.05) is 36.4 Å². The number of carboxylic acid groups (broad SMARTS) is 1. The van der Waals surface area contributed by atoms with Crippen LogP contribution in [0.5, 0.6) is 0 Å². The number of carboxylic acids is 1. The Morgan fingerprint density at radius 2 is 1.64 bits per heavy atom. The van der Waals surface area contributed by atoms with Crippen molar-refractivity contribution in [2.45, 2.75) is 29.6 Å². The first-order chi connectivity index (χ1) is 18.5. The summed E-state index contributed by atoms with van der Waals surface area (Å²) >= 11 is 6.68. The largest absolute Gasteiger partial charge is 0.478 e. The molecule has 1 amide bonds. The SMILES string of the molecule is Cc1ccc(C2CC23C(=O)Nc2cc(Cl)c(-c4ccc(-c5ccccc5S(C)(=O)=O)cc4)cc23)cc1C(=O)O. The Hall–Kier alpha value is -3.94. The van der Waals surface area contributed by atoms with Crippen LogP contribution in [0.3, 0.4) is 0 Å². The van der Waals surface area contributed by atoms with Crippen molar-refractivity contribution in [3.05, 3.63) is 106 Å². The van der Waals surface area contributed by atoms with E-state index in [1.165, 1.54) is 6.26 Å². The highest BCUT2D eigenvalue weighted by Gasteiger charge is 2.65. The molecule has 2 N–H and O–H groups in total. The molecular formula is C31H24ClNO5S. The van der Waals surface area contributed by atoms with Crippen LogP contribution in [0.25, 0.3) is 22.3 Å². The number of aryl methyl sites for hydroxylation is 1. The Bertz CT molecular complexity index is 1810. The normalized spacial score (nSPS) is 19.6. The Morgan fingerprint density at radius 1 is 0.974 bits per heavy atom. The number of benzene rings is 4. The number of halogens is 1. The van der Waals surface area contributed by atoms with E-state index in [0.29, 0.717) is 28.3 Å². The van der Waals surface area contributed by atoms with Crippen LogP contribution in [0.15, 0.2) is 83.8 Å². The summed E-state index contributed by atoms with van der Waals surface area (Å²) in [6, 6.07) is 23.5. The second-order valence-electron chi connectivity index (χ2n) is 10.3. The number of carbonyl (C=O) groups is 2. The van der Waals surface area contributed by atoms with Gasteiger partial charge in [-0.3, -0.25) is 4.79 Å². The minimum absolute atomic E-state index is 0.110. The highest BCUT2D eigenvalue weighted by atomic mass is 35.5. The standard InChI is InChI=1S/C31H24ClNO5S/c1-17-7-8-20(13-22(17)29(34)35)25-16-31(25)24-14-23(26(32)15-27(24)33-30(31)36)19-11-9-18(10-12-19)21-5-3-4-6-28(21)39(2,37)38/h3-15,25H,16H2,1-2H3,(H,33,36)(H,34,35). The van der Waals surface area contributed by atoms with E-state index in [0.717, 1.165) is 27.8 Å². The molecular weight excluding hydrogens is 534 g/mol. The molecule has 196 valence electrons. The quantitative estimate of drug-likeness (QED) is 0.293. The van der Waals surface area contributed by atoms with E-state index >= 15 is 0 Å². The molecule has 0 bridgehead atoms. The fraction of sp³-hybridized carbons (Fsp3) is 0.161. The number of aromatic carboxylic acids is 1. The van der Waals surface area contributed by atoms with Gasteiger partial charge in [0.15, 0.2) is 9.84 Å². The number of nitrogens with one attached hydrogen (secondary N) is 1. The Balaban J connectivity index is 1.38. The lowest BCUT2D eigenvalue weighted by atomic mass is 9.89. The topological polar surface area (TPSA) is 101 Å². The maximum absolute atomic E-state index is 13.2. The first-order valence-corrected chi connectivity index (χ1v) is 14.7. The number of amides is 1. The maximum atomic E-state index is 13.2. The molecule has 1 aliphatic carbocycles. The molecule has 4 aromatic carbocycles. The van der Waals surface area contributed by atoms with E-state index in [9.17, 15) is 23.1 Å². The Morgan fingerprint density at radius 3 is 2.31 bits per heavy atom. The van der Waals surface area contributed by atoms with Crippen LogP contribution < -0.4 is 5.32 Å². The van der Waals surface area contributed by atoms with Crippen molar-refractivity contribution >= 4 is 39.0 Å². The molecule has 6 rings (SSSR count). The third-order valence-electron chi connectivity index (χ3n) is 7.89. The molecule has 6 nitrogen and oxygen atoms in total. The van der Waals surface area contributed by atoms with E-state index in [-0.39, 0.29) is 22.3 Å². The van der Waals surface area contributed by atoms with Crippen molar-refractivity contribution in [1.82, 2.24) is 0 Å². The molecule has 0 aromatic heterocycles. The molecule has 0 saturated heterocycles. The molecule has 1 aliphatic heterocycles. The van der Waals surface area contributed by atoms with Gasteiger partial charge in [0.2, 0.25) is 5.91 Å². The van der Waals surface area contributed by atoms with Crippen LogP contribution in [0, 0.1) is 6.92 Å². The van der Waals surface area contributed by atoms with Crippen LogP contribution in [-0.4, -0.2) is 31.7 Å². The molecule has 1 fully saturated rings. The highest BCUT2D eigenvalue weighted by molar-refractivity contribution is 7.90. The van der Waals surface area contributed by atoms with Gasteiger partial charge in [0.25, 0.3) is 0 Å². The van der Waals surface area contributed by atoms with Crippen LogP contribution in [0.1, 0.15) is 39.4 Å². The monoisotopic (exact) mass is 557 g/mol. The van der Waals surface area contributed by atoms with Gasteiger partial charge in [0.05, 0.1) is 20.9 Å². The van der Waals surface area contributed by atoms with Crippen molar-refractivity contribution < 1.29 is 23.1 Å². The van der Waals surface area contributed by atoms with Crippen molar-refractivity contribution in [2.75, 3.05) is 11.6 Å². The minimum atomic E-state index is -3.40. The zero-order valence-electron chi connectivity index (χ0n) is 21.2. The average Bonchev–Trinajstić information content (AvgIpc) is 3.59. The summed E-state index contributed by atoms with van der Waals surface area (Å²) in [5.41, 5.74) is 5.47. The molecule has 2 unspecified atom stereocenters.